The van der Waals surface area contributed by atoms with Crippen LogP contribution in [0.3, 0.4) is 0 Å². The molecule has 2 aromatic rings. The number of amides is 1. The van der Waals surface area contributed by atoms with E-state index in [1.165, 1.54) is 7.11 Å². The number of ether oxygens (including phenoxy) is 1. The average molecular weight is 295 g/mol. The van der Waals surface area contributed by atoms with Crippen molar-refractivity contribution < 1.29 is 14.3 Å². The van der Waals surface area contributed by atoms with Crippen molar-refractivity contribution in [3.8, 4) is 0 Å². The van der Waals surface area contributed by atoms with Crippen molar-refractivity contribution in [2.24, 2.45) is 0 Å². The molecule has 1 N–H and O–H groups in total. The highest BCUT2D eigenvalue weighted by atomic mass is 16.5. The number of carbonyl (C=O) groups excluding carboxylic acids is 2. The zero-order valence-electron chi connectivity index (χ0n) is 12.5. The van der Waals surface area contributed by atoms with E-state index in [0.29, 0.717) is 11.1 Å². The molecule has 0 radical (unpaired) electrons. The van der Waals surface area contributed by atoms with Gasteiger partial charge >= 0.3 is 5.97 Å². The van der Waals surface area contributed by atoms with Crippen molar-refractivity contribution >= 4 is 24.0 Å². The first-order valence-corrected chi connectivity index (χ1v) is 6.82. The summed E-state index contributed by atoms with van der Waals surface area (Å²) >= 11 is 0. The van der Waals surface area contributed by atoms with Crippen molar-refractivity contribution in [3.63, 3.8) is 0 Å². The maximum atomic E-state index is 11.4. The molecule has 0 aliphatic rings. The van der Waals surface area contributed by atoms with Crippen LogP contribution in [-0.4, -0.2) is 26.0 Å². The fourth-order valence-corrected chi connectivity index (χ4v) is 1.93. The monoisotopic (exact) mass is 295 g/mol. The van der Waals surface area contributed by atoms with E-state index in [2.05, 4.69) is 10.1 Å². The molecule has 2 rings (SSSR count). The Morgan fingerprint density at radius 1 is 0.864 bits per heavy atom. The SMILES string of the molecule is CNC(=O)c1ccc(/C=C/c2ccc(C(=O)OC)cc2)cc1. The van der Waals surface area contributed by atoms with Crippen LogP contribution in [0.4, 0.5) is 0 Å². The summed E-state index contributed by atoms with van der Waals surface area (Å²) in [4.78, 5) is 22.8. The lowest BCUT2D eigenvalue weighted by atomic mass is 10.1. The predicted molar refractivity (Wildman–Crippen MR) is 86.5 cm³/mol. The second-order valence-corrected chi connectivity index (χ2v) is 4.65. The molecule has 1 amide bonds. The zero-order chi connectivity index (χ0) is 15.9. The van der Waals surface area contributed by atoms with Gasteiger partial charge in [-0.2, -0.15) is 0 Å². The zero-order valence-corrected chi connectivity index (χ0v) is 12.5. The van der Waals surface area contributed by atoms with Crippen LogP contribution in [-0.2, 0) is 4.74 Å². The number of hydrogen-bond donors (Lipinski definition) is 1. The molecule has 0 spiro atoms. The van der Waals surface area contributed by atoms with Gasteiger partial charge in [0.25, 0.3) is 5.91 Å². The maximum absolute atomic E-state index is 11.4. The molecule has 112 valence electrons. The number of carbonyl (C=O) groups is 2. The van der Waals surface area contributed by atoms with Crippen molar-refractivity contribution in [3.05, 3.63) is 70.8 Å². The number of benzene rings is 2. The third kappa shape index (κ3) is 3.82. The van der Waals surface area contributed by atoms with Gasteiger partial charge in [-0.1, -0.05) is 36.4 Å². The Bertz CT molecular complexity index is 624. The molecule has 0 bridgehead atoms. The minimum atomic E-state index is -0.347. The fraction of sp³-hybridized carbons (Fsp3) is 0.111. The summed E-state index contributed by atoms with van der Waals surface area (Å²) in [6, 6.07) is 14.5. The average Bonchev–Trinajstić information content (AvgIpc) is 2.59. The highest BCUT2D eigenvalue weighted by molar-refractivity contribution is 5.94. The molecule has 0 unspecified atom stereocenters. The number of methoxy groups -OCH3 is 1. The lowest BCUT2D eigenvalue weighted by Crippen LogP contribution is -2.17. The van der Waals surface area contributed by atoms with E-state index < -0.39 is 0 Å². The smallest absolute Gasteiger partial charge is 0.337 e. The lowest BCUT2D eigenvalue weighted by molar-refractivity contribution is 0.0600. The summed E-state index contributed by atoms with van der Waals surface area (Å²) in [5.74, 6) is -0.450. The minimum Gasteiger partial charge on any atom is -0.465 e. The van der Waals surface area contributed by atoms with E-state index in [1.807, 2.05) is 36.4 Å². The summed E-state index contributed by atoms with van der Waals surface area (Å²) < 4.78 is 4.66. The second kappa shape index (κ2) is 7.22. The van der Waals surface area contributed by atoms with Crippen molar-refractivity contribution in [1.29, 1.82) is 0 Å². The summed E-state index contributed by atoms with van der Waals surface area (Å²) in [5, 5.41) is 2.58. The van der Waals surface area contributed by atoms with Gasteiger partial charge in [-0.25, -0.2) is 4.79 Å². The van der Waals surface area contributed by atoms with Gasteiger partial charge < -0.3 is 10.1 Å². The molecule has 0 saturated heterocycles. The van der Waals surface area contributed by atoms with Crippen LogP contribution in [0.15, 0.2) is 48.5 Å². The molecule has 0 aliphatic carbocycles. The quantitative estimate of drug-likeness (QED) is 0.697. The largest absolute Gasteiger partial charge is 0.465 e. The lowest BCUT2D eigenvalue weighted by Gasteiger charge is -2.01. The first-order chi connectivity index (χ1) is 10.6. The Hall–Kier alpha value is -2.88. The highest BCUT2D eigenvalue weighted by Gasteiger charge is 2.03. The van der Waals surface area contributed by atoms with Gasteiger partial charge in [-0.05, 0) is 35.4 Å². The Morgan fingerprint density at radius 3 is 1.73 bits per heavy atom. The Labute approximate surface area is 129 Å². The molecule has 0 fully saturated rings. The van der Waals surface area contributed by atoms with E-state index in [4.69, 9.17) is 0 Å². The number of hydrogen-bond acceptors (Lipinski definition) is 3. The van der Waals surface area contributed by atoms with Crippen molar-refractivity contribution in [1.82, 2.24) is 5.32 Å². The third-order valence-electron chi connectivity index (χ3n) is 3.20. The molecular formula is C18H17NO3. The second-order valence-electron chi connectivity index (χ2n) is 4.65. The van der Waals surface area contributed by atoms with Crippen LogP contribution >= 0.6 is 0 Å². The van der Waals surface area contributed by atoms with Crippen molar-refractivity contribution in [2.75, 3.05) is 14.2 Å². The first-order valence-electron chi connectivity index (χ1n) is 6.82. The molecule has 4 heteroatoms. The maximum Gasteiger partial charge on any atom is 0.337 e. The number of esters is 1. The highest BCUT2D eigenvalue weighted by Crippen LogP contribution is 2.11. The third-order valence-corrected chi connectivity index (χ3v) is 3.20. The van der Waals surface area contributed by atoms with Crippen LogP contribution in [0.5, 0.6) is 0 Å². The van der Waals surface area contributed by atoms with Crippen molar-refractivity contribution in [2.45, 2.75) is 0 Å². The fourth-order valence-electron chi connectivity index (χ4n) is 1.93. The molecule has 0 heterocycles. The van der Waals surface area contributed by atoms with Crippen LogP contribution in [0.1, 0.15) is 31.8 Å². The molecule has 0 saturated carbocycles. The molecule has 4 nitrogen and oxygen atoms in total. The van der Waals surface area contributed by atoms with Crippen LogP contribution < -0.4 is 5.32 Å². The van der Waals surface area contributed by atoms with Crippen LogP contribution in [0.2, 0.25) is 0 Å². The summed E-state index contributed by atoms with van der Waals surface area (Å²) in [6.45, 7) is 0. The number of nitrogens with one attached hydrogen (secondary N) is 1. The van der Waals surface area contributed by atoms with Gasteiger partial charge in [0.15, 0.2) is 0 Å². The molecule has 0 aliphatic heterocycles. The minimum absolute atomic E-state index is 0.103. The topological polar surface area (TPSA) is 55.4 Å². The summed E-state index contributed by atoms with van der Waals surface area (Å²) in [7, 11) is 2.97. The Kier molecular flexibility index (Phi) is 5.09. The molecule has 2 aromatic carbocycles. The molecule has 22 heavy (non-hydrogen) atoms. The summed E-state index contributed by atoms with van der Waals surface area (Å²) in [5.41, 5.74) is 3.12. The Balaban J connectivity index is 2.08. The number of rotatable bonds is 4. The van der Waals surface area contributed by atoms with E-state index >= 15 is 0 Å². The van der Waals surface area contributed by atoms with Gasteiger partial charge in [0.2, 0.25) is 0 Å². The van der Waals surface area contributed by atoms with Crippen LogP contribution in [0.25, 0.3) is 12.2 Å². The molecule has 0 aromatic heterocycles. The first kappa shape index (κ1) is 15.5. The van der Waals surface area contributed by atoms with Gasteiger partial charge in [0.1, 0.15) is 0 Å². The van der Waals surface area contributed by atoms with Crippen LogP contribution in [0, 0.1) is 0 Å². The van der Waals surface area contributed by atoms with E-state index in [0.717, 1.165) is 11.1 Å². The summed E-state index contributed by atoms with van der Waals surface area (Å²) in [6.07, 6.45) is 3.89. The Morgan fingerprint density at radius 2 is 1.32 bits per heavy atom. The molecular weight excluding hydrogens is 278 g/mol. The normalized spacial score (nSPS) is 10.5. The van der Waals surface area contributed by atoms with Gasteiger partial charge in [-0.15, -0.1) is 0 Å². The van der Waals surface area contributed by atoms with E-state index in [9.17, 15) is 9.59 Å². The van der Waals surface area contributed by atoms with Gasteiger partial charge in [0.05, 0.1) is 12.7 Å². The van der Waals surface area contributed by atoms with E-state index in [-0.39, 0.29) is 11.9 Å². The predicted octanol–water partition coefficient (Wildman–Crippen LogP) is 3.00. The van der Waals surface area contributed by atoms with E-state index in [1.54, 1.807) is 31.3 Å². The van der Waals surface area contributed by atoms with Gasteiger partial charge in [0, 0.05) is 12.6 Å². The van der Waals surface area contributed by atoms with Gasteiger partial charge in [-0.3, -0.25) is 4.79 Å². The molecule has 0 atom stereocenters. The standard InChI is InChI=1S/C18H17NO3/c1-19-17(20)15-9-5-13(6-10-15)3-4-14-7-11-16(12-8-14)18(21)22-2/h3-12H,1-2H3,(H,19,20)/b4-3+.